The summed E-state index contributed by atoms with van der Waals surface area (Å²) in [6, 6.07) is 15.3. The molecule has 3 rings (SSSR count). The molecule has 116 valence electrons. The Morgan fingerprint density at radius 3 is 2.65 bits per heavy atom. The molecule has 23 heavy (non-hydrogen) atoms. The molecule has 1 heterocycles. The Labute approximate surface area is 148 Å². The van der Waals surface area contributed by atoms with Crippen molar-refractivity contribution in [2.75, 3.05) is 10.6 Å². The number of hydrogen-bond acceptors (Lipinski definition) is 4. The van der Waals surface area contributed by atoms with E-state index in [9.17, 15) is 0 Å². The molecule has 1 aromatic heterocycles. The van der Waals surface area contributed by atoms with E-state index in [4.69, 9.17) is 11.6 Å². The molecule has 0 saturated carbocycles. The number of aryl methyl sites for hydroxylation is 1. The highest BCUT2D eigenvalue weighted by atomic mass is 79.9. The lowest BCUT2D eigenvalue weighted by Gasteiger charge is -2.10. The van der Waals surface area contributed by atoms with Gasteiger partial charge in [0, 0.05) is 16.4 Å². The van der Waals surface area contributed by atoms with Crippen molar-refractivity contribution in [3.8, 4) is 0 Å². The van der Waals surface area contributed by atoms with Gasteiger partial charge in [0.15, 0.2) is 0 Å². The van der Waals surface area contributed by atoms with Gasteiger partial charge in [-0.05, 0) is 48.9 Å². The topological polar surface area (TPSA) is 49.8 Å². The molecule has 3 aromatic rings. The standard InChI is InChI=1S/C17H14BrClN4/c1-11-10-12(6-7-13(11)18)21-17-20-9-8-16(23-17)22-15-5-3-2-4-14(15)19/h2-10H,1H3,(H2,20,21,22,23). The van der Waals surface area contributed by atoms with Crippen LogP contribution < -0.4 is 10.6 Å². The number of nitrogens with zero attached hydrogens (tertiary/aromatic N) is 2. The van der Waals surface area contributed by atoms with Crippen molar-refractivity contribution in [3.05, 3.63) is 69.8 Å². The van der Waals surface area contributed by atoms with Crippen LogP contribution in [0.15, 0.2) is 59.2 Å². The minimum absolute atomic E-state index is 0.517. The lowest BCUT2D eigenvalue weighted by molar-refractivity contribution is 1.16. The Morgan fingerprint density at radius 1 is 1.04 bits per heavy atom. The third-order valence-corrected chi connectivity index (χ3v) is 4.43. The van der Waals surface area contributed by atoms with Gasteiger partial charge < -0.3 is 10.6 Å². The largest absolute Gasteiger partial charge is 0.339 e. The lowest BCUT2D eigenvalue weighted by atomic mass is 10.2. The van der Waals surface area contributed by atoms with E-state index in [1.54, 1.807) is 12.3 Å². The fourth-order valence-corrected chi connectivity index (χ4v) is 2.47. The maximum Gasteiger partial charge on any atom is 0.229 e. The van der Waals surface area contributed by atoms with Gasteiger partial charge in [0.2, 0.25) is 5.95 Å². The fraction of sp³-hybridized carbons (Fsp3) is 0.0588. The van der Waals surface area contributed by atoms with Crippen LogP contribution in [0.1, 0.15) is 5.56 Å². The maximum atomic E-state index is 6.15. The first-order valence-corrected chi connectivity index (χ1v) is 8.17. The zero-order valence-corrected chi connectivity index (χ0v) is 14.7. The first-order chi connectivity index (χ1) is 11.1. The van der Waals surface area contributed by atoms with E-state index in [0.29, 0.717) is 16.8 Å². The molecule has 0 amide bonds. The van der Waals surface area contributed by atoms with E-state index in [-0.39, 0.29) is 0 Å². The quantitative estimate of drug-likeness (QED) is 0.602. The Hall–Kier alpha value is -2.11. The maximum absolute atomic E-state index is 6.15. The molecule has 0 radical (unpaired) electrons. The van der Waals surface area contributed by atoms with Crippen molar-refractivity contribution < 1.29 is 0 Å². The second kappa shape index (κ2) is 6.98. The number of benzene rings is 2. The summed E-state index contributed by atoms with van der Waals surface area (Å²) < 4.78 is 1.07. The fourth-order valence-electron chi connectivity index (χ4n) is 2.04. The van der Waals surface area contributed by atoms with Gasteiger partial charge >= 0.3 is 0 Å². The Balaban J connectivity index is 1.79. The first-order valence-electron chi connectivity index (χ1n) is 6.99. The van der Waals surface area contributed by atoms with Gasteiger partial charge in [-0.1, -0.05) is 39.7 Å². The van der Waals surface area contributed by atoms with Crippen LogP contribution in [0.5, 0.6) is 0 Å². The highest BCUT2D eigenvalue weighted by Crippen LogP contribution is 2.25. The minimum Gasteiger partial charge on any atom is -0.339 e. The molecule has 0 fully saturated rings. The molecule has 0 unspecified atom stereocenters. The Kier molecular flexibility index (Phi) is 4.79. The molecule has 0 bridgehead atoms. The Morgan fingerprint density at radius 2 is 1.87 bits per heavy atom. The molecule has 0 atom stereocenters. The van der Waals surface area contributed by atoms with Gasteiger partial charge in [0.1, 0.15) is 5.82 Å². The van der Waals surface area contributed by atoms with Gasteiger partial charge in [-0.25, -0.2) is 4.98 Å². The van der Waals surface area contributed by atoms with Crippen LogP contribution in [0, 0.1) is 6.92 Å². The summed E-state index contributed by atoms with van der Waals surface area (Å²) in [6.07, 6.45) is 1.69. The minimum atomic E-state index is 0.517. The molecule has 4 nitrogen and oxygen atoms in total. The van der Waals surface area contributed by atoms with E-state index in [1.807, 2.05) is 49.4 Å². The molecule has 6 heteroatoms. The van der Waals surface area contributed by atoms with Crippen molar-refractivity contribution in [1.29, 1.82) is 0 Å². The molecule has 0 aliphatic rings. The van der Waals surface area contributed by atoms with Crippen LogP contribution in [-0.2, 0) is 0 Å². The van der Waals surface area contributed by atoms with Gasteiger partial charge in [0.25, 0.3) is 0 Å². The van der Waals surface area contributed by atoms with Crippen LogP contribution in [0.3, 0.4) is 0 Å². The molecule has 0 saturated heterocycles. The van der Waals surface area contributed by atoms with Gasteiger partial charge in [0.05, 0.1) is 10.7 Å². The molecule has 0 aliphatic heterocycles. The number of hydrogen-bond donors (Lipinski definition) is 2. The highest BCUT2D eigenvalue weighted by Gasteiger charge is 2.04. The number of aromatic nitrogens is 2. The third-order valence-electron chi connectivity index (χ3n) is 3.21. The normalized spacial score (nSPS) is 10.4. The first kappa shape index (κ1) is 15.8. The molecule has 0 aliphatic carbocycles. The van der Waals surface area contributed by atoms with Crippen LogP contribution in [-0.4, -0.2) is 9.97 Å². The molecule has 2 N–H and O–H groups in total. The van der Waals surface area contributed by atoms with Crippen molar-refractivity contribution in [2.45, 2.75) is 6.92 Å². The average molecular weight is 390 g/mol. The predicted molar refractivity (Wildman–Crippen MR) is 98.9 cm³/mol. The number of para-hydroxylation sites is 1. The second-order valence-electron chi connectivity index (χ2n) is 4.96. The second-order valence-corrected chi connectivity index (χ2v) is 6.22. The van der Waals surface area contributed by atoms with Crippen LogP contribution in [0.25, 0.3) is 0 Å². The van der Waals surface area contributed by atoms with E-state index in [1.165, 1.54) is 0 Å². The SMILES string of the molecule is Cc1cc(Nc2nccc(Nc3ccccc3Cl)n2)ccc1Br. The van der Waals surface area contributed by atoms with Gasteiger partial charge in [-0.2, -0.15) is 4.98 Å². The van der Waals surface area contributed by atoms with Crippen LogP contribution >= 0.6 is 27.5 Å². The van der Waals surface area contributed by atoms with E-state index in [2.05, 4.69) is 36.5 Å². The van der Waals surface area contributed by atoms with Crippen molar-refractivity contribution in [3.63, 3.8) is 0 Å². The number of rotatable bonds is 4. The van der Waals surface area contributed by atoms with Crippen LogP contribution in [0.2, 0.25) is 5.02 Å². The summed E-state index contributed by atoms with van der Waals surface area (Å²) in [5.74, 6) is 1.19. The van der Waals surface area contributed by atoms with Crippen molar-refractivity contribution in [1.82, 2.24) is 9.97 Å². The van der Waals surface area contributed by atoms with Gasteiger partial charge in [-0.3, -0.25) is 0 Å². The molecular weight excluding hydrogens is 376 g/mol. The number of halogens is 2. The van der Waals surface area contributed by atoms with Crippen molar-refractivity contribution >= 4 is 50.7 Å². The summed E-state index contributed by atoms with van der Waals surface area (Å²) in [5.41, 5.74) is 2.87. The summed E-state index contributed by atoms with van der Waals surface area (Å²) in [7, 11) is 0. The van der Waals surface area contributed by atoms with Crippen LogP contribution in [0.4, 0.5) is 23.1 Å². The molecule has 0 spiro atoms. The average Bonchev–Trinajstić information content (AvgIpc) is 2.54. The summed E-state index contributed by atoms with van der Waals surface area (Å²) >= 11 is 9.64. The van der Waals surface area contributed by atoms with Crippen molar-refractivity contribution in [2.24, 2.45) is 0 Å². The van der Waals surface area contributed by atoms with Gasteiger partial charge in [-0.15, -0.1) is 0 Å². The molecular formula is C17H14BrClN4. The summed E-state index contributed by atoms with van der Waals surface area (Å²) in [5, 5.41) is 7.03. The smallest absolute Gasteiger partial charge is 0.229 e. The zero-order chi connectivity index (χ0) is 16.2. The monoisotopic (exact) mass is 388 g/mol. The highest BCUT2D eigenvalue weighted by molar-refractivity contribution is 9.10. The number of nitrogens with one attached hydrogen (secondary N) is 2. The number of anilines is 4. The lowest BCUT2D eigenvalue weighted by Crippen LogP contribution is -2.00. The third kappa shape index (κ3) is 4.00. The summed E-state index contributed by atoms with van der Waals surface area (Å²) in [6.45, 7) is 2.03. The van der Waals surface area contributed by atoms with E-state index in [0.717, 1.165) is 21.4 Å². The van der Waals surface area contributed by atoms with E-state index < -0.39 is 0 Å². The zero-order valence-electron chi connectivity index (χ0n) is 12.3. The van der Waals surface area contributed by atoms with E-state index >= 15 is 0 Å². The predicted octanol–water partition coefficient (Wildman–Crippen LogP) is 5.69. The Bertz CT molecular complexity index is 838. The summed E-state index contributed by atoms with van der Waals surface area (Å²) in [4.78, 5) is 8.70. The molecule has 2 aromatic carbocycles.